The Morgan fingerprint density at radius 3 is 2.74 bits per heavy atom. The molecule has 0 aliphatic rings. The Balaban J connectivity index is 1.68. The van der Waals surface area contributed by atoms with Crippen LogP contribution in [-0.2, 0) is 0 Å². The van der Waals surface area contributed by atoms with Crippen LogP contribution in [0.3, 0.4) is 0 Å². The molecule has 0 saturated heterocycles. The maximum absolute atomic E-state index is 13.2. The van der Waals surface area contributed by atoms with Crippen LogP contribution in [0.25, 0.3) is 16.6 Å². The van der Waals surface area contributed by atoms with E-state index in [4.69, 9.17) is 0 Å². The van der Waals surface area contributed by atoms with Gasteiger partial charge in [0.1, 0.15) is 5.82 Å². The van der Waals surface area contributed by atoms with Crippen LogP contribution in [-0.4, -0.2) is 20.7 Å². The summed E-state index contributed by atoms with van der Waals surface area (Å²) in [6, 6.07) is 9.98. The van der Waals surface area contributed by atoms with E-state index in [0.29, 0.717) is 22.2 Å². The summed E-state index contributed by atoms with van der Waals surface area (Å²) in [5, 5.41) is 10.1. The number of carbonyl (C=O) groups excluding carboxylic acids is 1. The predicted molar refractivity (Wildman–Crippen MR) is 104 cm³/mol. The van der Waals surface area contributed by atoms with Gasteiger partial charge in [0.25, 0.3) is 5.91 Å². The maximum atomic E-state index is 13.2. The number of hydrogen-bond acceptors (Lipinski definition) is 4. The Morgan fingerprint density at radius 1 is 1.22 bits per heavy atom. The average Bonchev–Trinajstić information content (AvgIpc) is 3.36. The lowest BCUT2D eigenvalue weighted by molar-refractivity contribution is 0.0937. The molecule has 1 aromatic carbocycles. The second-order valence-corrected chi connectivity index (χ2v) is 7.08. The molecule has 27 heavy (non-hydrogen) atoms. The van der Waals surface area contributed by atoms with Crippen LogP contribution in [0.4, 0.5) is 4.39 Å². The van der Waals surface area contributed by atoms with Crippen LogP contribution >= 0.6 is 11.3 Å². The molecule has 0 aliphatic heterocycles. The molecule has 1 amide bonds. The number of fused-ring (bicyclic) bond motifs is 1. The standard InChI is InChI=1S/C20H17FN4OS/c1-2-17(19-4-3-9-27-19)24-20(26)16-10-22-12-18-15(16)11-23-25(18)14-7-5-13(21)6-8-14/h3-12,17H,2H2,1H3,(H,24,26)/t17-/m0/s1. The summed E-state index contributed by atoms with van der Waals surface area (Å²) >= 11 is 1.62. The molecule has 5 nitrogen and oxygen atoms in total. The van der Waals surface area contributed by atoms with Crippen molar-refractivity contribution in [3.63, 3.8) is 0 Å². The van der Waals surface area contributed by atoms with E-state index >= 15 is 0 Å². The van der Waals surface area contributed by atoms with Crippen LogP contribution in [0.5, 0.6) is 0 Å². The van der Waals surface area contributed by atoms with Crippen LogP contribution in [0.1, 0.15) is 34.6 Å². The first-order chi connectivity index (χ1) is 13.2. The van der Waals surface area contributed by atoms with E-state index in [2.05, 4.69) is 15.4 Å². The van der Waals surface area contributed by atoms with Gasteiger partial charge in [-0.15, -0.1) is 11.3 Å². The van der Waals surface area contributed by atoms with Gasteiger partial charge in [0, 0.05) is 16.5 Å². The Bertz CT molecular complexity index is 1070. The highest BCUT2D eigenvalue weighted by Gasteiger charge is 2.19. The highest BCUT2D eigenvalue weighted by molar-refractivity contribution is 7.10. The summed E-state index contributed by atoms with van der Waals surface area (Å²) < 4.78 is 14.8. The average molecular weight is 380 g/mol. The van der Waals surface area contributed by atoms with Gasteiger partial charge < -0.3 is 5.32 Å². The first-order valence-electron chi connectivity index (χ1n) is 8.59. The van der Waals surface area contributed by atoms with Gasteiger partial charge in [-0.2, -0.15) is 5.10 Å². The Kier molecular flexibility index (Phi) is 4.68. The van der Waals surface area contributed by atoms with E-state index in [0.717, 1.165) is 11.3 Å². The lowest BCUT2D eigenvalue weighted by Crippen LogP contribution is -2.27. The minimum Gasteiger partial charge on any atom is -0.344 e. The molecule has 7 heteroatoms. The third-order valence-electron chi connectivity index (χ3n) is 4.41. The molecule has 136 valence electrons. The number of pyridine rings is 1. The summed E-state index contributed by atoms with van der Waals surface area (Å²) in [6.45, 7) is 2.04. The van der Waals surface area contributed by atoms with Crippen molar-refractivity contribution in [1.29, 1.82) is 0 Å². The molecule has 0 aliphatic carbocycles. The Hall–Kier alpha value is -3.06. The molecular weight excluding hydrogens is 363 g/mol. The van der Waals surface area contributed by atoms with E-state index in [9.17, 15) is 9.18 Å². The van der Waals surface area contributed by atoms with Gasteiger partial charge in [-0.1, -0.05) is 13.0 Å². The topological polar surface area (TPSA) is 59.8 Å². The van der Waals surface area contributed by atoms with Gasteiger partial charge >= 0.3 is 0 Å². The largest absolute Gasteiger partial charge is 0.344 e. The zero-order valence-corrected chi connectivity index (χ0v) is 15.4. The fourth-order valence-electron chi connectivity index (χ4n) is 3.01. The van der Waals surface area contributed by atoms with Gasteiger partial charge in [-0.05, 0) is 42.1 Å². The van der Waals surface area contributed by atoms with Gasteiger partial charge in [-0.25, -0.2) is 9.07 Å². The Morgan fingerprint density at radius 2 is 2.04 bits per heavy atom. The predicted octanol–water partition coefficient (Wildman–Crippen LogP) is 4.50. The van der Waals surface area contributed by atoms with Crippen molar-refractivity contribution in [3.05, 3.63) is 76.6 Å². The fraction of sp³-hybridized carbons (Fsp3) is 0.150. The van der Waals surface area contributed by atoms with E-state index < -0.39 is 0 Å². The molecule has 0 bridgehead atoms. The first kappa shape index (κ1) is 17.4. The quantitative estimate of drug-likeness (QED) is 0.554. The van der Waals surface area contributed by atoms with Gasteiger partial charge in [0.05, 0.1) is 35.2 Å². The van der Waals surface area contributed by atoms with E-state index in [-0.39, 0.29) is 17.8 Å². The number of benzene rings is 1. The van der Waals surface area contributed by atoms with Gasteiger partial charge in [-0.3, -0.25) is 9.78 Å². The number of carbonyl (C=O) groups is 1. The minimum atomic E-state index is -0.312. The fourth-order valence-corrected chi connectivity index (χ4v) is 3.87. The van der Waals surface area contributed by atoms with Crippen LogP contribution in [0, 0.1) is 5.82 Å². The third-order valence-corrected chi connectivity index (χ3v) is 5.40. The van der Waals surface area contributed by atoms with Crippen molar-refractivity contribution in [2.75, 3.05) is 0 Å². The first-order valence-corrected chi connectivity index (χ1v) is 9.47. The van der Waals surface area contributed by atoms with Gasteiger partial charge in [0.2, 0.25) is 0 Å². The number of hydrogen-bond donors (Lipinski definition) is 1. The summed E-state index contributed by atoms with van der Waals surface area (Å²) in [5.41, 5.74) is 1.87. The number of nitrogens with one attached hydrogen (secondary N) is 1. The second-order valence-electron chi connectivity index (χ2n) is 6.10. The summed E-state index contributed by atoms with van der Waals surface area (Å²) in [5.74, 6) is -0.500. The molecule has 0 spiro atoms. The van der Waals surface area contributed by atoms with Gasteiger partial charge in [0.15, 0.2) is 0 Å². The highest BCUT2D eigenvalue weighted by atomic mass is 32.1. The van der Waals surface area contributed by atoms with Crippen molar-refractivity contribution in [1.82, 2.24) is 20.1 Å². The molecule has 0 unspecified atom stereocenters. The van der Waals surface area contributed by atoms with E-state index in [1.807, 2.05) is 24.4 Å². The molecule has 0 fully saturated rings. The molecular formula is C20H17FN4OS. The lowest BCUT2D eigenvalue weighted by atomic mass is 10.1. The number of halogens is 1. The second kappa shape index (κ2) is 7.28. The van der Waals surface area contributed by atoms with Crippen molar-refractivity contribution in [3.8, 4) is 5.69 Å². The van der Waals surface area contributed by atoms with Crippen molar-refractivity contribution < 1.29 is 9.18 Å². The molecule has 0 radical (unpaired) electrons. The number of rotatable bonds is 5. The van der Waals surface area contributed by atoms with Crippen LogP contribution in [0.15, 0.2) is 60.4 Å². The summed E-state index contributed by atoms with van der Waals surface area (Å²) in [7, 11) is 0. The molecule has 4 aromatic rings. The number of thiophene rings is 1. The van der Waals surface area contributed by atoms with Crippen molar-refractivity contribution >= 4 is 28.1 Å². The van der Waals surface area contributed by atoms with Crippen molar-refractivity contribution in [2.45, 2.75) is 19.4 Å². The molecule has 0 saturated carbocycles. The monoisotopic (exact) mass is 380 g/mol. The highest BCUT2D eigenvalue weighted by Crippen LogP contribution is 2.24. The van der Waals surface area contributed by atoms with E-state index in [1.165, 1.54) is 12.1 Å². The third kappa shape index (κ3) is 3.33. The molecule has 4 rings (SSSR count). The van der Waals surface area contributed by atoms with Crippen molar-refractivity contribution in [2.24, 2.45) is 0 Å². The van der Waals surface area contributed by atoms with Crippen LogP contribution in [0.2, 0.25) is 0 Å². The number of amides is 1. The Labute approximate surface area is 159 Å². The van der Waals surface area contributed by atoms with E-state index in [1.54, 1.807) is 46.7 Å². The minimum absolute atomic E-state index is 0.0418. The summed E-state index contributed by atoms with van der Waals surface area (Å²) in [6.07, 6.45) is 5.64. The zero-order chi connectivity index (χ0) is 18.8. The molecule has 3 aromatic heterocycles. The zero-order valence-electron chi connectivity index (χ0n) is 14.6. The molecule has 3 heterocycles. The lowest BCUT2D eigenvalue weighted by Gasteiger charge is -2.15. The smallest absolute Gasteiger partial charge is 0.254 e. The number of nitrogens with zero attached hydrogens (tertiary/aromatic N) is 3. The number of aromatic nitrogens is 3. The molecule has 1 atom stereocenters. The normalized spacial score (nSPS) is 12.2. The summed E-state index contributed by atoms with van der Waals surface area (Å²) in [4.78, 5) is 18.2. The van der Waals surface area contributed by atoms with Crippen LogP contribution < -0.4 is 5.32 Å². The SMILES string of the molecule is CC[C@H](NC(=O)c1cncc2c1cnn2-c1ccc(F)cc1)c1cccs1. The molecule has 1 N–H and O–H groups in total. The maximum Gasteiger partial charge on any atom is 0.254 e.